The van der Waals surface area contributed by atoms with E-state index in [1.165, 1.54) is 5.56 Å². The molecule has 4 nitrogen and oxygen atoms in total. The van der Waals surface area contributed by atoms with Gasteiger partial charge in [0.25, 0.3) is 5.91 Å². The predicted molar refractivity (Wildman–Crippen MR) is 97.6 cm³/mol. The topological polar surface area (TPSA) is 57.8 Å². The van der Waals surface area contributed by atoms with Gasteiger partial charge in [-0.1, -0.05) is 19.1 Å². The van der Waals surface area contributed by atoms with E-state index in [9.17, 15) is 10.1 Å². The molecule has 1 aromatic carbocycles. The molecule has 24 heavy (non-hydrogen) atoms. The molecule has 0 bridgehead atoms. The highest BCUT2D eigenvalue weighted by Gasteiger charge is 2.11. The molecule has 2 rings (SSSR count). The van der Waals surface area contributed by atoms with Crippen LogP contribution in [0.5, 0.6) is 0 Å². The van der Waals surface area contributed by atoms with Crippen molar-refractivity contribution in [1.29, 1.82) is 5.26 Å². The van der Waals surface area contributed by atoms with Crippen LogP contribution < -0.4 is 5.32 Å². The molecule has 0 atom stereocenters. The lowest BCUT2D eigenvalue weighted by molar-refractivity contribution is -0.112. The predicted octanol–water partition coefficient (Wildman–Crippen LogP) is 4.49. The number of rotatable bonds is 5. The lowest BCUT2D eigenvalue weighted by Crippen LogP contribution is -2.13. The zero-order valence-corrected chi connectivity index (χ0v) is 14.6. The van der Waals surface area contributed by atoms with Gasteiger partial charge in [-0.25, -0.2) is 0 Å². The highest BCUT2D eigenvalue weighted by atomic mass is 16.1. The third-order valence-electron chi connectivity index (χ3n) is 3.92. The Labute approximate surface area is 143 Å². The Morgan fingerprint density at radius 2 is 2.00 bits per heavy atom. The number of nitrogens with one attached hydrogen (secondary N) is 1. The second-order valence-electron chi connectivity index (χ2n) is 6.09. The van der Waals surface area contributed by atoms with E-state index in [4.69, 9.17) is 0 Å². The van der Waals surface area contributed by atoms with Crippen LogP contribution in [0.2, 0.25) is 0 Å². The smallest absolute Gasteiger partial charge is 0.266 e. The summed E-state index contributed by atoms with van der Waals surface area (Å²) in [4.78, 5) is 12.3. The monoisotopic (exact) mass is 321 g/mol. The summed E-state index contributed by atoms with van der Waals surface area (Å²) >= 11 is 0. The average Bonchev–Trinajstić information content (AvgIpc) is 2.94. The molecule has 0 saturated heterocycles. The minimum absolute atomic E-state index is 0.0930. The third kappa shape index (κ3) is 4.14. The van der Waals surface area contributed by atoms with E-state index in [1.54, 1.807) is 6.08 Å². The van der Waals surface area contributed by atoms with Gasteiger partial charge in [0.2, 0.25) is 0 Å². The van der Waals surface area contributed by atoms with E-state index in [0.717, 1.165) is 17.7 Å². The maximum atomic E-state index is 12.3. The molecule has 0 saturated carbocycles. The molecule has 0 fully saturated rings. The number of amides is 1. The van der Waals surface area contributed by atoms with Gasteiger partial charge in [-0.05, 0) is 62.6 Å². The summed E-state index contributed by atoms with van der Waals surface area (Å²) in [5, 5.41) is 12.1. The molecule has 0 aliphatic rings. The Balaban J connectivity index is 2.19. The molecule has 0 spiro atoms. The summed E-state index contributed by atoms with van der Waals surface area (Å²) in [6.07, 6.45) is 4.53. The van der Waals surface area contributed by atoms with Crippen molar-refractivity contribution in [3.05, 3.63) is 58.9 Å². The lowest BCUT2D eigenvalue weighted by atomic mass is 10.1. The summed E-state index contributed by atoms with van der Waals surface area (Å²) in [5.74, 6) is -0.392. The zero-order chi connectivity index (χ0) is 17.7. The molecule has 1 N–H and O–H groups in total. The molecule has 1 amide bonds. The number of nitriles is 1. The largest absolute Gasteiger partial charge is 0.349 e. The van der Waals surface area contributed by atoms with Gasteiger partial charge in [-0.2, -0.15) is 5.26 Å². The lowest BCUT2D eigenvalue weighted by Gasteiger charge is -2.08. The number of carbonyl (C=O) groups excluding carboxylic acids is 1. The van der Waals surface area contributed by atoms with Crippen molar-refractivity contribution in [1.82, 2.24) is 4.57 Å². The van der Waals surface area contributed by atoms with E-state index in [-0.39, 0.29) is 5.57 Å². The first-order chi connectivity index (χ1) is 11.4. The van der Waals surface area contributed by atoms with E-state index >= 15 is 0 Å². The summed E-state index contributed by atoms with van der Waals surface area (Å²) < 4.78 is 2.11. The summed E-state index contributed by atoms with van der Waals surface area (Å²) in [5.41, 5.74) is 3.94. The van der Waals surface area contributed by atoms with Gasteiger partial charge < -0.3 is 9.88 Å². The number of hydrogen-bond acceptors (Lipinski definition) is 2. The van der Waals surface area contributed by atoms with Crippen molar-refractivity contribution in [2.75, 3.05) is 5.32 Å². The summed E-state index contributed by atoms with van der Waals surface area (Å²) in [6, 6.07) is 11.9. The fourth-order valence-electron chi connectivity index (χ4n) is 2.59. The number of aryl methyl sites for hydroxylation is 2. The first-order valence-electron chi connectivity index (χ1n) is 8.15. The van der Waals surface area contributed by atoms with Crippen molar-refractivity contribution in [2.24, 2.45) is 0 Å². The molecule has 4 heteroatoms. The molecule has 1 heterocycles. The Bertz CT molecular complexity index is 789. The van der Waals surface area contributed by atoms with Crippen LogP contribution in [0.15, 0.2) is 42.1 Å². The molecule has 0 radical (unpaired) electrons. The Kier molecular flexibility index (Phi) is 5.59. The van der Waals surface area contributed by atoms with Crippen molar-refractivity contribution in [3.63, 3.8) is 0 Å². The van der Waals surface area contributed by atoms with E-state index in [2.05, 4.69) is 30.7 Å². The molecule has 0 unspecified atom stereocenters. The maximum absolute atomic E-state index is 12.3. The van der Waals surface area contributed by atoms with Crippen LogP contribution in [0.4, 0.5) is 5.69 Å². The second-order valence-corrected chi connectivity index (χ2v) is 6.09. The molecule has 124 valence electrons. The first-order valence-corrected chi connectivity index (χ1v) is 8.15. The Morgan fingerprint density at radius 1 is 1.33 bits per heavy atom. The fourth-order valence-corrected chi connectivity index (χ4v) is 2.59. The average molecular weight is 321 g/mol. The van der Waals surface area contributed by atoms with E-state index < -0.39 is 5.91 Å². The van der Waals surface area contributed by atoms with Crippen LogP contribution in [0.3, 0.4) is 0 Å². The van der Waals surface area contributed by atoms with Crippen molar-refractivity contribution >= 4 is 17.7 Å². The highest BCUT2D eigenvalue weighted by Crippen LogP contribution is 2.17. The molecule has 1 aromatic heterocycles. The molecule has 0 aliphatic heterocycles. The quantitative estimate of drug-likeness (QED) is 0.652. The highest BCUT2D eigenvalue weighted by molar-refractivity contribution is 6.09. The van der Waals surface area contributed by atoms with E-state index in [0.29, 0.717) is 11.7 Å². The van der Waals surface area contributed by atoms with Crippen LogP contribution in [0.25, 0.3) is 6.08 Å². The van der Waals surface area contributed by atoms with Gasteiger partial charge in [-0.3, -0.25) is 4.79 Å². The number of anilines is 1. The normalized spacial score (nSPS) is 11.4. The first kappa shape index (κ1) is 17.6. The Hall–Kier alpha value is -2.80. The summed E-state index contributed by atoms with van der Waals surface area (Å²) in [7, 11) is 0. The molecular formula is C20H23N3O. The van der Waals surface area contributed by atoms with Crippen molar-refractivity contribution in [2.45, 2.75) is 40.2 Å². The van der Waals surface area contributed by atoms with Gasteiger partial charge in [0.1, 0.15) is 11.6 Å². The third-order valence-corrected chi connectivity index (χ3v) is 3.92. The molecule has 0 aliphatic carbocycles. The van der Waals surface area contributed by atoms with Crippen LogP contribution in [0, 0.1) is 18.3 Å². The number of benzene rings is 1. The number of carbonyl (C=O) groups is 1. The number of hydrogen-bond donors (Lipinski definition) is 1. The van der Waals surface area contributed by atoms with Crippen molar-refractivity contribution < 1.29 is 4.79 Å². The minimum atomic E-state index is -0.392. The SMILES string of the molecule is CCc1ccc(NC(=O)/C(C#N)=C/c2cc(C)n(C(C)C)c2)cc1. The minimum Gasteiger partial charge on any atom is -0.349 e. The second kappa shape index (κ2) is 7.65. The number of nitrogens with zero attached hydrogens (tertiary/aromatic N) is 2. The van der Waals surface area contributed by atoms with Gasteiger partial charge >= 0.3 is 0 Å². The van der Waals surface area contributed by atoms with Gasteiger partial charge in [0.15, 0.2) is 0 Å². The maximum Gasteiger partial charge on any atom is 0.266 e. The standard InChI is InChI=1S/C20H23N3O/c1-5-16-6-8-19(9-7-16)22-20(24)18(12-21)11-17-10-15(4)23(13-17)14(2)3/h6-11,13-14H,5H2,1-4H3,(H,22,24)/b18-11+. The van der Waals surface area contributed by atoms with Crippen LogP contribution >= 0.6 is 0 Å². The van der Waals surface area contributed by atoms with Crippen LogP contribution in [-0.2, 0) is 11.2 Å². The van der Waals surface area contributed by atoms with E-state index in [1.807, 2.05) is 49.5 Å². The fraction of sp³-hybridized carbons (Fsp3) is 0.300. The molecular weight excluding hydrogens is 298 g/mol. The van der Waals surface area contributed by atoms with Crippen LogP contribution in [0.1, 0.15) is 43.6 Å². The van der Waals surface area contributed by atoms with Gasteiger partial charge in [-0.15, -0.1) is 0 Å². The van der Waals surface area contributed by atoms with Gasteiger partial charge in [0.05, 0.1) is 0 Å². The van der Waals surface area contributed by atoms with Gasteiger partial charge in [0, 0.05) is 23.6 Å². The van der Waals surface area contributed by atoms with Crippen LogP contribution in [-0.4, -0.2) is 10.5 Å². The molecule has 2 aromatic rings. The number of aromatic nitrogens is 1. The zero-order valence-electron chi connectivity index (χ0n) is 14.6. The Morgan fingerprint density at radius 3 is 2.50 bits per heavy atom. The van der Waals surface area contributed by atoms with Crippen molar-refractivity contribution in [3.8, 4) is 6.07 Å². The summed E-state index contributed by atoms with van der Waals surface area (Å²) in [6.45, 7) is 8.28.